The van der Waals surface area contributed by atoms with Crippen LogP contribution >= 0.6 is 47.8 Å². The van der Waals surface area contributed by atoms with Crippen LogP contribution in [0.3, 0.4) is 0 Å². The molecule has 1 aromatic carbocycles. The van der Waals surface area contributed by atoms with Crippen molar-refractivity contribution in [3.8, 4) is 0 Å². The van der Waals surface area contributed by atoms with Gasteiger partial charge in [-0.05, 0) is 49.9 Å². The van der Waals surface area contributed by atoms with E-state index < -0.39 is 0 Å². The topological polar surface area (TPSA) is 20.3 Å². The monoisotopic (exact) mass is 409 g/mol. The maximum Gasteiger partial charge on any atom is 0.227 e. The smallest absolute Gasteiger partial charge is 0.227 e. The summed E-state index contributed by atoms with van der Waals surface area (Å²) in [7, 11) is 0. The molecule has 1 fully saturated rings. The van der Waals surface area contributed by atoms with Crippen LogP contribution in [-0.2, 0) is 4.79 Å². The summed E-state index contributed by atoms with van der Waals surface area (Å²) in [6, 6.07) is 5.85. The SMILES string of the molecule is O=C1CC(CBr)CN1c1c(Br)cccc1Br. The number of para-hydroxylation sites is 1. The molecule has 0 bridgehead atoms. The molecule has 0 aliphatic carbocycles. The number of halogens is 3. The van der Waals surface area contributed by atoms with Crippen molar-refractivity contribution < 1.29 is 4.79 Å². The lowest BCUT2D eigenvalue weighted by atomic mass is 10.2. The molecule has 1 atom stereocenters. The van der Waals surface area contributed by atoms with Crippen molar-refractivity contribution in [1.82, 2.24) is 0 Å². The van der Waals surface area contributed by atoms with Gasteiger partial charge in [0.15, 0.2) is 0 Å². The van der Waals surface area contributed by atoms with Crippen LogP contribution < -0.4 is 4.90 Å². The molecule has 1 aliphatic heterocycles. The van der Waals surface area contributed by atoms with Gasteiger partial charge in [-0.15, -0.1) is 0 Å². The standard InChI is InChI=1S/C11H10Br3NO/c12-5-7-4-10(16)15(6-7)11-8(13)2-1-3-9(11)14/h1-3,7H,4-6H2. The van der Waals surface area contributed by atoms with E-state index in [1.165, 1.54) is 0 Å². The largest absolute Gasteiger partial charge is 0.310 e. The first-order chi connectivity index (χ1) is 7.63. The lowest BCUT2D eigenvalue weighted by Crippen LogP contribution is -2.25. The minimum atomic E-state index is 0.192. The Morgan fingerprint density at radius 3 is 2.44 bits per heavy atom. The fourth-order valence-corrected chi connectivity index (χ4v) is 3.71. The molecule has 0 spiro atoms. The van der Waals surface area contributed by atoms with E-state index in [2.05, 4.69) is 47.8 Å². The van der Waals surface area contributed by atoms with Gasteiger partial charge in [0.25, 0.3) is 0 Å². The zero-order chi connectivity index (χ0) is 11.7. The van der Waals surface area contributed by atoms with E-state index in [0.29, 0.717) is 12.3 Å². The van der Waals surface area contributed by atoms with E-state index >= 15 is 0 Å². The van der Waals surface area contributed by atoms with Crippen LogP contribution in [0.15, 0.2) is 27.1 Å². The summed E-state index contributed by atoms with van der Waals surface area (Å²) < 4.78 is 1.90. The average Bonchev–Trinajstić information content (AvgIpc) is 2.60. The van der Waals surface area contributed by atoms with Crippen LogP contribution in [-0.4, -0.2) is 17.8 Å². The number of hydrogen-bond donors (Lipinski definition) is 0. The minimum absolute atomic E-state index is 0.192. The molecule has 0 aromatic heterocycles. The van der Waals surface area contributed by atoms with Gasteiger partial charge in [-0.25, -0.2) is 0 Å². The predicted molar refractivity (Wildman–Crippen MR) is 76.1 cm³/mol. The number of alkyl halides is 1. The predicted octanol–water partition coefficient (Wildman–Crippen LogP) is 3.96. The van der Waals surface area contributed by atoms with E-state index in [1.54, 1.807) is 0 Å². The van der Waals surface area contributed by atoms with E-state index in [9.17, 15) is 4.79 Å². The van der Waals surface area contributed by atoms with E-state index in [1.807, 2.05) is 23.1 Å². The summed E-state index contributed by atoms with van der Waals surface area (Å²) in [5.74, 6) is 0.601. The van der Waals surface area contributed by atoms with Crippen LogP contribution in [0, 0.1) is 5.92 Å². The van der Waals surface area contributed by atoms with Gasteiger partial charge in [-0.3, -0.25) is 4.79 Å². The molecule has 5 heteroatoms. The van der Waals surface area contributed by atoms with Gasteiger partial charge >= 0.3 is 0 Å². The Kier molecular flexibility index (Phi) is 4.08. The zero-order valence-electron chi connectivity index (χ0n) is 8.42. The van der Waals surface area contributed by atoms with E-state index in [0.717, 1.165) is 26.5 Å². The summed E-state index contributed by atoms with van der Waals surface area (Å²) in [5, 5.41) is 0.872. The van der Waals surface area contributed by atoms with Gasteiger partial charge in [0.1, 0.15) is 0 Å². The third kappa shape index (κ3) is 2.36. The first kappa shape index (κ1) is 12.6. The minimum Gasteiger partial charge on any atom is -0.310 e. The van der Waals surface area contributed by atoms with Gasteiger partial charge < -0.3 is 4.90 Å². The molecule has 1 unspecified atom stereocenters. The van der Waals surface area contributed by atoms with Crippen molar-refractivity contribution >= 4 is 59.4 Å². The number of hydrogen-bond acceptors (Lipinski definition) is 1. The van der Waals surface area contributed by atoms with Crippen molar-refractivity contribution in [1.29, 1.82) is 0 Å². The highest BCUT2D eigenvalue weighted by Crippen LogP contribution is 2.37. The van der Waals surface area contributed by atoms with Crippen LogP contribution in [0.5, 0.6) is 0 Å². The normalized spacial score (nSPS) is 20.6. The second kappa shape index (κ2) is 5.19. The Labute approximate surface area is 120 Å². The van der Waals surface area contributed by atoms with Gasteiger partial charge in [0, 0.05) is 27.2 Å². The summed E-state index contributed by atoms with van der Waals surface area (Å²) in [5.41, 5.74) is 0.941. The average molecular weight is 412 g/mol. The molecule has 2 nitrogen and oxygen atoms in total. The molecular weight excluding hydrogens is 402 g/mol. The molecule has 2 rings (SSSR count). The molecular formula is C11H10Br3NO. The zero-order valence-corrected chi connectivity index (χ0v) is 13.2. The van der Waals surface area contributed by atoms with E-state index in [-0.39, 0.29) is 5.91 Å². The lowest BCUT2D eigenvalue weighted by molar-refractivity contribution is -0.117. The second-order valence-electron chi connectivity index (χ2n) is 3.80. The number of carbonyl (C=O) groups is 1. The lowest BCUT2D eigenvalue weighted by Gasteiger charge is -2.19. The summed E-state index contributed by atoms with van der Waals surface area (Å²) in [6.45, 7) is 0.783. The van der Waals surface area contributed by atoms with Gasteiger partial charge in [0.05, 0.1) is 5.69 Å². The van der Waals surface area contributed by atoms with Crippen LogP contribution in [0.1, 0.15) is 6.42 Å². The Balaban J connectivity index is 2.35. The van der Waals surface area contributed by atoms with Gasteiger partial charge in [-0.1, -0.05) is 22.0 Å². The van der Waals surface area contributed by atoms with Crippen molar-refractivity contribution in [2.45, 2.75) is 6.42 Å². The summed E-state index contributed by atoms with van der Waals surface area (Å²) in [6.07, 6.45) is 0.624. The number of amides is 1. The molecule has 0 saturated carbocycles. The van der Waals surface area contributed by atoms with Crippen LogP contribution in [0.2, 0.25) is 0 Å². The molecule has 1 saturated heterocycles. The number of nitrogens with zero attached hydrogens (tertiary/aromatic N) is 1. The third-order valence-corrected chi connectivity index (χ3v) is 4.83. The number of rotatable bonds is 2. The highest BCUT2D eigenvalue weighted by Gasteiger charge is 2.31. The fourth-order valence-electron chi connectivity index (χ4n) is 1.85. The molecule has 1 heterocycles. The quantitative estimate of drug-likeness (QED) is 0.674. The first-order valence-electron chi connectivity index (χ1n) is 4.94. The van der Waals surface area contributed by atoms with Crippen molar-refractivity contribution in [2.24, 2.45) is 5.92 Å². The first-order valence-corrected chi connectivity index (χ1v) is 7.64. The van der Waals surface area contributed by atoms with Crippen LogP contribution in [0.4, 0.5) is 5.69 Å². The molecule has 1 aromatic rings. The molecule has 86 valence electrons. The number of anilines is 1. The molecule has 1 aliphatic rings. The fraction of sp³-hybridized carbons (Fsp3) is 0.364. The Morgan fingerprint density at radius 1 is 1.31 bits per heavy atom. The summed E-state index contributed by atoms with van der Waals surface area (Å²) in [4.78, 5) is 13.8. The highest BCUT2D eigenvalue weighted by atomic mass is 79.9. The van der Waals surface area contributed by atoms with Gasteiger partial charge in [-0.2, -0.15) is 0 Å². The van der Waals surface area contributed by atoms with Crippen molar-refractivity contribution in [3.63, 3.8) is 0 Å². The molecule has 0 radical (unpaired) electrons. The molecule has 0 N–H and O–H groups in total. The van der Waals surface area contributed by atoms with E-state index in [4.69, 9.17) is 0 Å². The Hall–Kier alpha value is 0.130. The Morgan fingerprint density at radius 2 is 1.94 bits per heavy atom. The summed E-state index contributed by atoms with van der Waals surface area (Å²) >= 11 is 10.4. The number of carbonyl (C=O) groups excluding carboxylic acids is 1. The van der Waals surface area contributed by atoms with Crippen molar-refractivity contribution in [3.05, 3.63) is 27.1 Å². The van der Waals surface area contributed by atoms with Crippen molar-refractivity contribution in [2.75, 3.05) is 16.8 Å². The van der Waals surface area contributed by atoms with Gasteiger partial charge in [0.2, 0.25) is 5.91 Å². The Bertz CT molecular complexity index is 401. The maximum absolute atomic E-state index is 11.9. The molecule has 1 amide bonds. The molecule has 16 heavy (non-hydrogen) atoms. The second-order valence-corrected chi connectivity index (χ2v) is 6.16. The third-order valence-electron chi connectivity index (χ3n) is 2.63. The maximum atomic E-state index is 11.9. The van der Waals surface area contributed by atoms with Crippen LogP contribution in [0.25, 0.3) is 0 Å². The number of benzene rings is 1. The highest BCUT2D eigenvalue weighted by molar-refractivity contribution is 9.11.